The molecule has 3 amide bonds. The summed E-state index contributed by atoms with van der Waals surface area (Å²) in [6.45, 7) is 5.29. The summed E-state index contributed by atoms with van der Waals surface area (Å²) in [5.41, 5.74) is 0.781. The topological polar surface area (TPSA) is 62.3 Å². The Labute approximate surface area is 159 Å². The van der Waals surface area contributed by atoms with E-state index >= 15 is 0 Å². The fraction of sp³-hybridized carbons (Fsp3) is 0.600. The third kappa shape index (κ3) is 3.55. The van der Waals surface area contributed by atoms with E-state index in [0.717, 1.165) is 31.5 Å². The average Bonchev–Trinajstić information content (AvgIpc) is 3.07. The van der Waals surface area contributed by atoms with Crippen LogP contribution in [0.3, 0.4) is 0 Å². The van der Waals surface area contributed by atoms with Crippen LogP contribution in [0.4, 0.5) is 10.5 Å². The summed E-state index contributed by atoms with van der Waals surface area (Å²) in [5.74, 6) is 1.44. The van der Waals surface area contributed by atoms with E-state index in [1.165, 1.54) is 6.42 Å². The number of piperidine rings is 1. The van der Waals surface area contributed by atoms with Crippen LogP contribution in [0.1, 0.15) is 32.6 Å². The standard InChI is InChI=1S/C20H27N3O4/c1-2-15-5-3-4-8-22(15)19(24)14-21-9-10-23(20(21)25)16-6-7-17-18(13-16)27-12-11-26-17/h6-7,13,15H,2-5,8-12,14H2,1H3. The normalized spacial score (nSPS) is 22.3. The van der Waals surface area contributed by atoms with Gasteiger partial charge in [0, 0.05) is 37.4 Å². The summed E-state index contributed by atoms with van der Waals surface area (Å²) < 4.78 is 11.2. The molecule has 3 aliphatic heterocycles. The van der Waals surface area contributed by atoms with Crippen molar-refractivity contribution in [3.05, 3.63) is 18.2 Å². The number of hydrogen-bond acceptors (Lipinski definition) is 4. The Kier molecular flexibility index (Phi) is 5.09. The second kappa shape index (κ2) is 7.66. The first-order valence-corrected chi connectivity index (χ1v) is 9.93. The van der Waals surface area contributed by atoms with E-state index in [9.17, 15) is 9.59 Å². The molecule has 146 valence electrons. The van der Waals surface area contributed by atoms with Crippen LogP contribution in [0.5, 0.6) is 11.5 Å². The zero-order valence-electron chi connectivity index (χ0n) is 15.9. The number of hydrogen-bond donors (Lipinski definition) is 0. The molecule has 4 rings (SSSR count). The molecule has 0 N–H and O–H groups in total. The maximum atomic E-state index is 12.9. The van der Waals surface area contributed by atoms with Gasteiger partial charge in [-0.1, -0.05) is 6.92 Å². The van der Waals surface area contributed by atoms with Crippen molar-refractivity contribution < 1.29 is 19.1 Å². The van der Waals surface area contributed by atoms with Gasteiger partial charge in [-0.2, -0.15) is 0 Å². The number of anilines is 1. The SMILES string of the molecule is CCC1CCCCN1C(=O)CN1CCN(c2ccc3c(c2)OCCO3)C1=O. The molecule has 1 aromatic rings. The smallest absolute Gasteiger partial charge is 0.325 e. The van der Waals surface area contributed by atoms with Crippen LogP contribution in [0.15, 0.2) is 18.2 Å². The summed E-state index contributed by atoms with van der Waals surface area (Å²) >= 11 is 0. The molecule has 7 heteroatoms. The molecule has 0 spiro atoms. The van der Waals surface area contributed by atoms with E-state index < -0.39 is 0 Å². The Morgan fingerprint density at radius 2 is 1.93 bits per heavy atom. The molecule has 0 saturated carbocycles. The lowest BCUT2D eigenvalue weighted by atomic mass is 10.00. The average molecular weight is 373 g/mol. The summed E-state index contributed by atoms with van der Waals surface area (Å²) in [6, 6.07) is 5.75. The van der Waals surface area contributed by atoms with Gasteiger partial charge in [-0.05, 0) is 37.8 Å². The molecule has 2 saturated heterocycles. The maximum absolute atomic E-state index is 12.9. The van der Waals surface area contributed by atoms with Gasteiger partial charge in [0.25, 0.3) is 0 Å². The number of nitrogens with zero attached hydrogens (tertiary/aromatic N) is 3. The Balaban J connectivity index is 1.42. The van der Waals surface area contributed by atoms with E-state index in [0.29, 0.717) is 43.8 Å². The minimum absolute atomic E-state index is 0.0684. The molecule has 1 atom stereocenters. The van der Waals surface area contributed by atoms with Crippen LogP contribution in [0, 0.1) is 0 Å². The first-order chi connectivity index (χ1) is 13.2. The number of fused-ring (bicyclic) bond motifs is 1. The van der Waals surface area contributed by atoms with Gasteiger partial charge in [0.1, 0.15) is 19.8 Å². The fourth-order valence-electron chi connectivity index (χ4n) is 4.18. The molecular weight excluding hydrogens is 346 g/mol. The Hall–Kier alpha value is -2.44. The Morgan fingerprint density at radius 1 is 1.11 bits per heavy atom. The summed E-state index contributed by atoms with van der Waals surface area (Å²) in [7, 11) is 0. The van der Waals surface area contributed by atoms with Crippen LogP contribution >= 0.6 is 0 Å². The third-order valence-corrected chi connectivity index (χ3v) is 5.68. The van der Waals surface area contributed by atoms with E-state index in [2.05, 4.69) is 6.92 Å². The highest BCUT2D eigenvalue weighted by Gasteiger charge is 2.34. The second-order valence-electron chi connectivity index (χ2n) is 7.33. The van der Waals surface area contributed by atoms with E-state index in [1.54, 1.807) is 9.80 Å². The number of urea groups is 1. The van der Waals surface area contributed by atoms with E-state index in [4.69, 9.17) is 9.47 Å². The minimum atomic E-state index is -0.120. The molecule has 7 nitrogen and oxygen atoms in total. The van der Waals surface area contributed by atoms with Crippen molar-refractivity contribution >= 4 is 17.6 Å². The number of likely N-dealkylation sites (tertiary alicyclic amines) is 1. The van der Waals surface area contributed by atoms with E-state index in [-0.39, 0.29) is 18.5 Å². The first kappa shape index (κ1) is 17.9. The predicted molar refractivity (Wildman–Crippen MR) is 101 cm³/mol. The van der Waals surface area contributed by atoms with Crippen molar-refractivity contribution in [2.75, 3.05) is 44.3 Å². The number of ether oxygens (including phenoxy) is 2. The van der Waals surface area contributed by atoms with Gasteiger partial charge < -0.3 is 19.3 Å². The van der Waals surface area contributed by atoms with Crippen molar-refractivity contribution in [2.45, 2.75) is 38.6 Å². The summed E-state index contributed by atoms with van der Waals surface area (Å²) in [6.07, 6.45) is 4.28. The largest absolute Gasteiger partial charge is 0.486 e. The molecule has 1 aromatic carbocycles. The molecule has 3 aliphatic rings. The van der Waals surface area contributed by atoms with Crippen molar-refractivity contribution in [1.82, 2.24) is 9.80 Å². The van der Waals surface area contributed by atoms with Crippen LogP contribution in [-0.4, -0.2) is 67.2 Å². The van der Waals surface area contributed by atoms with Crippen LogP contribution in [0.2, 0.25) is 0 Å². The van der Waals surface area contributed by atoms with E-state index in [1.807, 2.05) is 23.1 Å². The van der Waals surface area contributed by atoms with Gasteiger partial charge in [0.05, 0.1) is 0 Å². The van der Waals surface area contributed by atoms with Crippen LogP contribution in [-0.2, 0) is 4.79 Å². The lowest BCUT2D eigenvalue weighted by molar-refractivity contribution is -0.135. The number of amides is 3. The Bertz CT molecular complexity index is 723. The second-order valence-corrected chi connectivity index (χ2v) is 7.33. The lowest BCUT2D eigenvalue weighted by Gasteiger charge is -2.36. The van der Waals surface area contributed by atoms with Crippen LogP contribution in [0.25, 0.3) is 0 Å². The van der Waals surface area contributed by atoms with Crippen molar-refractivity contribution in [3.8, 4) is 11.5 Å². The quantitative estimate of drug-likeness (QED) is 0.814. The van der Waals surface area contributed by atoms with Gasteiger partial charge in [-0.25, -0.2) is 4.79 Å². The van der Waals surface area contributed by atoms with Gasteiger partial charge in [-0.3, -0.25) is 9.69 Å². The molecule has 0 bridgehead atoms. The Morgan fingerprint density at radius 3 is 2.74 bits per heavy atom. The highest BCUT2D eigenvalue weighted by Crippen LogP contribution is 2.35. The van der Waals surface area contributed by atoms with Gasteiger partial charge in [-0.15, -0.1) is 0 Å². The maximum Gasteiger partial charge on any atom is 0.325 e. The lowest BCUT2D eigenvalue weighted by Crippen LogP contribution is -2.48. The van der Waals surface area contributed by atoms with Crippen molar-refractivity contribution in [2.24, 2.45) is 0 Å². The minimum Gasteiger partial charge on any atom is -0.486 e. The predicted octanol–water partition coefficient (Wildman–Crippen LogP) is 2.49. The molecule has 3 heterocycles. The number of benzene rings is 1. The van der Waals surface area contributed by atoms with Gasteiger partial charge in [0.2, 0.25) is 5.91 Å². The monoisotopic (exact) mass is 373 g/mol. The zero-order chi connectivity index (χ0) is 18.8. The molecular formula is C20H27N3O4. The first-order valence-electron chi connectivity index (χ1n) is 9.93. The highest BCUT2D eigenvalue weighted by atomic mass is 16.6. The number of carbonyl (C=O) groups is 2. The molecule has 1 unspecified atom stereocenters. The number of rotatable bonds is 4. The molecule has 2 fully saturated rings. The van der Waals surface area contributed by atoms with Gasteiger partial charge in [0.15, 0.2) is 11.5 Å². The number of carbonyl (C=O) groups excluding carboxylic acids is 2. The molecule has 0 aliphatic carbocycles. The van der Waals surface area contributed by atoms with Crippen molar-refractivity contribution in [3.63, 3.8) is 0 Å². The highest BCUT2D eigenvalue weighted by molar-refractivity contribution is 5.96. The summed E-state index contributed by atoms with van der Waals surface area (Å²) in [5, 5.41) is 0. The summed E-state index contributed by atoms with van der Waals surface area (Å²) in [4.78, 5) is 31.0. The van der Waals surface area contributed by atoms with Crippen LogP contribution < -0.4 is 14.4 Å². The van der Waals surface area contributed by atoms with Gasteiger partial charge >= 0.3 is 6.03 Å². The molecule has 0 aromatic heterocycles. The third-order valence-electron chi connectivity index (χ3n) is 5.68. The molecule has 0 radical (unpaired) electrons. The van der Waals surface area contributed by atoms with Crippen molar-refractivity contribution in [1.29, 1.82) is 0 Å². The molecule has 27 heavy (non-hydrogen) atoms. The fourth-order valence-corrected chi connectivity index (χ4v) is 4.18. The zero-order valence-corrected chi connectivity index (χ0v) is 15.9.